The first-order valence-corrected chi connectivity index (χ1v) is 5.07. The van der Waals surface area contributed by atoms with Gasteiger partial charge in [-0.3, -0.25) is 4.90 Å². The summed E-state index contributed by atoms with van der Waals surface area (Å²) < 4.78 is 5.49. The predicted octanol–water partition coefficient (Wildman–Crippen LogP) is 1.65. The molecule has 0 radical (unpaired) electrons. The van der Waals surface area contributed by atoms with Gasteiger partial charge in [-0.25, -0.2) is 0 Å². The normalized spacial score (nSPS) is 23.5. The topological polar surface area (TPSA) is 61.2 Å². The fourth-order valence-corrected chi connectivity index (χ4v) is 1.70. The number of ether oxygens (including phenoxy) is 1. The van der Waals surface area contributed by atoms with Crippen molar-refractivity contribution in [1.29, 1.82) is 0 Å². The molecule has 1 atom stereocenters. The number of hydrogen-bond acceptors (Lipinski definition) is 3. The third-order valence-electron chi connectivity index (χ3n) is 2.19. The highest BCUT2D eigenvalue weighted by Crippen LogP contribution is 2.08. The average molecular weight is 198 g/mol. The molecule has 1 aliphatic heterocycles. The van der Waals surface area contributed by atoms with Crippen LogP contribution in [0.2, 0.25) is 0 Å². The second kappa shape index (κ2) is 5.86. The highest BCUT2D eigenvalue weighted by atomic mass is 16.5. The molecule has 5 nitrogen and oxygen atoms in total. The first-order chi connectivity index (χ1) is 6.72. The molecule has 0 saturated carbocycles. The summed E-state index contributed by atoms with van der Waals surface area (Å²) >= 11 is 0. The van der Waals surface area contributed by atoms with Gasteiger partial charge in [-0.05, 0) is 11.4 Å². The molecule has 1 rings (SSSR count). The highest BCUT2D eigenvalue weighted by molar-refractivity contribution is 4.74. The van der Waals surface area contributed by atoms with E-state index in [-0.39, 0.29) is 6.10 Å². The Morgan fingerprint density at radius 3 is 3.07 bits per heavy atom. The van der Waals surface area contributed by atoms with E-state index in [4.69, 9.17) is 10.3 Å². The largest absolute Gasteiger partial charge is 0.375 e. The maximum Gasteiger partial charge on any atom is 0.0758 e. The van der Waals surface area contributed by atoms with Crippen LogP contribution in [0.15, 0.2) is 5.11 Å². The number of hydrogen-bond donors (Lipinski definition) is 0. The fourth-order valence-electron chi connectivity index (χ4n) is 1.70. The van der Waals surface area contributed by atoms with Crippen molar-refractivity contribution >= 4 is 0 Å². The highest BCUT2D eigenvalue weighted by Gasteiger charge is 2.19. The van der Waals surface area contributed by atoms with Gasteiger partial charge in [-0.1, -0.05) is 19.0 Å². The van der Waals surface area contributed by atoms with Crippen LogP contribution >= 0.6 is 0 Å². The van der Waals surface area contributed by atoms with Crippen molar-refractivity contribution in [2.45, 2.75) is 20.0 Å². The smallest absolute Gasteiger partial charge is 0.0758 e. The zero-order valence-electron chi connectivity index (χ0n) is 8.89. The first kappa shape index (κ1) is 11.3. The van der Waals surface area contributed by atoms with Gasteiger partial charge in [-0.2, -0.15) is 0 Å². The summed E-state index contributed by atoms with van der Waals surface area (Å²) in [4.78, 5) is 5.11. The van der Waals surface area contributed by atoms with Crippen LogP contribution in [0.4, 0.5) is 0 Å². The Morgan fingerprint density at radius 1 is 1.64 bits per heavy atom. The summed E-state index contributed by atoms with van der Waals surface area (Å²) in [6.45, 7) is 8.58. The minimum atomic E-state index is 0.0819. The molecule has 80 valence electrons. The lowest BCUT2D eigenvalue weighted by Gasteiger charge is -2.33. The van der Waals surface area contributed by atoms with Gasteiger partial charge in [0.15, 0.2) is 0 Å². The van der Waals surface area contributed by atoms with Gasteiger partial charge < -0.3 is 4.74 Å². The Balaban J connectivity index is 2.31. The van der Waals surface area contributed by atoms with Gasteiger partial charge in [0.05, 0.1) is 19.3 Å². The van der Waals surface area contributed by atoms with Crippen molar-refractivity contribution in [2.24, 2.45) is 11.0 Å². The molecule has 1 saturated heterocycles. The summed E-state index contributed by atoms with van der Waals surface area (Å²) in [7, 11) is 0. The van der Waals surface area contributed by atoms with E-state index in [2.05, 4.69) is 28.8 Å². The van der Waals surface area contributed by atoms with E-state index in [0.29, 0.717) is 12.5 Å². The van der Waals surface area contributed by atoms with Crippen molar-refractivity contribution in [3.63, 3.8) is 0 Å². The van der Waals surface area contributed by atoms with E-state index in [1.165, 1.54) is 0 Å². The van der Waals surface area contributed by atoms with Gasteiger partial charge in [0.1, 0.15) is 0 Å². The average Bonchev–Trinajstić information content (AvgIpc) is 2.14. The second-order valence-corrected chi connectivity index (χ2v) is 4.06. The Bertz CT molecular complexity index is 213. The van der Waals surface area contributed by atoms with Crippen molar-refractivity contribution in [1.82, 2.24) is 4.90 Å². The molecular formula is C9H18N4O. The van der Waals surface area contributed by atoms with E-state index in [1.54, 1.807) is 0 Å². The van der Waals surface area contributed by atoms with E-state index < -0.39 is 0 Å². The Morgan fingerprint density at radius 2 is 2.43 bits per heavy atom. The molecule has 0 aromatic rings. The Kier molecular flexibility index (Phi) is 4.73. The number of azide groups is 1. The summed E-state index contributed by atoms with van der Waals surface area (Å²) in [5.41, 5.74) is 8.20. The summed E-state index contributed by atoms with van der Waals surface area (Å²) in [6, 6.07) is 0. The van der Waals surface area contributed by atoms with E-state index >= 15 is 0 Å². The van der Waals surface area contributed by atoms with Crippen molar-refractivity contribution in [3.05, 3.63) is 10.4 Å². The fraction of sp³-hybridized carbons (Fsp3) is 1.00. The number of rotatable bonds is 4. The van der Waals surface area contributed by atoms with Crippen LogP contribution in [0, 0.1) is 5.92 Å². The van der Waals surface area contributed by atoms with Crippen LogP contribution < -0.4 is 0 Å². The molecule has 0 aliphatic carbocycles. The Hall–Kier alpha value is -0.770. The van der Waals surface area contributed by atoms with E-state index in [0.717, 1.165) is 26.2 Å². The summed E-state index contributed by atoms with van der Waals surface area (Å²) in [5.74, 6) is 0.674. The van der Waals surface area contributed by atoms with Gasteiger partial charge in [0.25, 0.3) is 0 Å². The van der Waals surface area contributed by atoms with Gasteiger partial charge >= 0.3 is 0 Å². The van der Waals surface area contributed by atoms with Crippen molar-refractivity contribution in [3.8, 4) is 0 Å². The van der Waals surface area contributed by atoms with Crippen LogP contribution in [0.5, 0.6) is 0 Å². The van der Waals surface area contributed by atoms with Crippen LogP contribution in [0.25, 0.3) is 10.4 Å². The number of nitrogens with zero attached hydrogens (tertiary/aromatic N) is 4. The molecule has 0 aromatic heterocycles. The lowest BCUT2D eigenvalue weighted by atomic mass is 10.2. The molecule has 0 spiro atoms. The predicted molar refractivity (Wildman–Crippen MR) is 55.0 cm³/mol. The standard InChI is InChI=1S/C9H18N4O/c1-8(2)6-13-3-4-14-9(7-13)5-11-12-10/h8-9H,3-7H2,1-2H3/t9-/m1/s1. The molecule has 0 amide bonds. The molecule has 1 aliphatic rings. The lowest BCUT2D eigenvalue weighted by molar-refractivity contribution is -0.0263. The summed E-state index contributed by atoms with van der Waals surface area (Å²) in [6.07, 6.45) is 0.0819. The molecule has 5 heteroatoms. The zero-order valence-corrected chi connectivity index (χ0v) is 8.89. The molecule has 14 heavy (non-hydrogen) atoms. The molecule has 0 N–H and O–H groups in total. The van der Waals surface area contributed by atoms with Crippen LogP contribution in [-0.2, 0) is 4.74 Å². The van der Waals surface area contributed by atoms with E-state index in [9.17, 15) is 0 Å². The zero-order chi connectivity index (χ0) is 10.4. The van der Waals surface area contributed by atoms with Gasteiger partial charge in [0.2, 0.25) is 0 Å². The Labute approximate surface area is 84.7 Å². The molecule has 0 unspecified atom stereocenters. The maximum atomic E-state index is 8.20. The third kappa shape index (κ3) is 3.96. The number of morpholine rings is 1. The minimum Gasteiger partial charge on any atom is -0.375 e. The quantitative estimate of drug-likeness (QED) is 0.392. The second-order valence-electron chi connectivity index (χ2n) is 4.06. The third-order valence-corrected chi connectivity index (χ3v) is 2.19. The molecule has 0 aromatic carbocycles. The van der Waals surface area contributed by atoms with Gasteiger partial charge in [0, 0.05) is 24.5 Å². The van der Waals surface area contributed by atoms with E-state index in [1.807, 2.05) is 0 Å². The van der Waals surface area contributed by atoms with Crippen molar-refractivity contribution in [2.75, 3.05) is 32.8 Å². The monoisotopic (exact) mass is 198 g/mol. The van der Waals surface area contributed by atoms with Crippen LogP contribution in [0.1, 0.15) is 13.8 Å². The maximum absolute atomic E-state index is 8.20. The first-order valence-electron chi connectivity index (χ1n) is 5.07. The molecular weight excluding hydrogens is 180 g/mol. The molecule has 1 fully saturated rings. The van der Waals surface area contributed by atoms with Crippen LogP contribution in [0.3, 0.4) is 0 Å². The van der Waals surface area contributed by atoms with Crippen LogP contribution in [-0.4, -0.2) is 43.8 Å². The van der Waals surface area contributed by atoms with Crippen molar-refractivity contribution < 1.29 is 4.74 Å². The molecule has 0 bridgehead atoms. The minimum absolute atomic E-state index is 0.0819. The summed E-state index contributed by atoms with van der Waals surface area (Å²) in [5, 5.41) is 3.54. The van der Waals surface area contributed by atoms with Gasteiger partial charge in [-0.15, -0.1) is 0 Å². The molecule has 1 heterocycles. The lowest BCUT2D eigenvalue weighted by Crippen LogP contribution is -2.45. The SMILES string of the molecule is CC(C)CN1CCO[C@H](CN=[N+]=[N-])C1.